The molecule has 1 aliphatic heterocycles. The minimum absolute atomic E-state index is 0.591. The first-order chi connectivity index (χ1) is 8.68. The highest BCUT2D eigenvalue weighted by molar-refractivity contribution is 5.29. The molecular formula is C16H26N2. The quantitative estimate of drug-likeness (QED) is 0.878. The Bertz CT molecular complexity index is 367. The smallest absolute Gasteiger partial charge is 0.0354 e. The number of hydrogen-bond acceptors (Lipinski definition) is 2. The van der Waals surface area contributed by atoms with E-state index in [2.05, 4.69) is 55.3 Å². The van der Waals surface area contributed by atoms with Gasteiger partial charge in [0.1, 0.15) is 0 Å². The van der Waals surface area contributed by atoms with Gasteiger partial charge in [-0.1, -0.05) is 38.1 Å². The van der Waals surface area contributed by atoms with Gasteiger partial charge in [-0.25, -0.2) is 0 Å². The van der Waals surface area contributed by atoms with E-state index in [0.717, 1.165) is 19.0 Å². The van der Waals surface area contributed by atoms with Crippen LogP contribution in [0.5, 0.6) is 0 Å². The predicted octanol–water partition coefficient (Wildman–Crippen LogP) is 2.99. The highest BCUT2D eigenvalue weighted by Gasteiger charge is 2.23. The van der Waals surface area contributed by atoms with Gasteiger partial charge in [-0.05, 0) is 30.4 Å². The third-order valence-corrected chi connectivity index (χ3v) is 3.83. The van der Waals surface area contributed by atoms with Crippen molar-refractivity contribution >= 4 is 0 Å². The van der Waals surface area contributed by atoms with Gasteiger partial charge in [-0.15, -0.1) is 0 Å². The molecule has 2 nitrogen and oxygen atoms in total. The molecule has 100 valence electrons. The number of aryl methyl sites for hydroxylation is 1. The van der Waals surface area contributed by atoms with Crippen LogP contribution in [0.4, 0.5) is 0 Å². The Morgan fingerprint density at radius 1 is 1.17 bits per heavy atom. The maximum atomic E-state index is 3.45. The Morgan fingerprint density at radius 2 is 1.83 bits per heavy atom. The van der Waals surface area contributed by atoms with E-state index >= 15 is 0 Å². The molecule has 0 saturated carbocycles. The van der Waals surface area contributed by atoms with Gasteiger partial charge in [0.25, 0.3) is 0 Å². The van der Waals surface area contributed by atoms with Crippen LogP contribution in [0.15, 0.2) is 24.3 Å². The van der Waals surface area contributed by atoms with Crippen molar-refractivity contribution in [2.45, 2.75) is 33.2 Å². The summed E-state index contributed by atoms with van der Waals surface area (Å²) in [6.45, 7) is 11.5. The van der Waals surface area contributed by atoms with E-state index in [9.17, 15) is 0 Å². The van der Waals surface area contributed by atoms with E-state index in [1.807, 2.05) is 0 Å². The topological polar surface area (TPSA) is 15.3 Å². The van der Waals surface area contributed by atoms with Crippen molar-refractivity contribution < 1.29 is 0 Å². The van der Waals surface area contributed by atoms with Crippen LogP contribution in [0.3, 0.4) is 0 Å². The van der Waals surface area contributed by atoms with Crippen LogP contribution in [-0.4, -0.2) is 31.1 Å². The largest absolute Gasteiger partial charge is 0.314 e. The molecule has 0 radical (unpaired) electrons. The third-order valence-electron chi connectivity index (χ3n) is 3.83. The molecule has 0 spiro atoms. The number of nitrogens with one attached hydrogen (secondary N) is 1. The van der Waals surface area contributed by atoms with E-state index in [1.165, 1.54) is 30.6 Å². The molecule has 0 aliphatic carbocycles. The lowest BCUT2D eigenvalue weighted by Gasteiger charge is -2.37. The molecule has 1 atom stereocenters. The molecule has 2 heteroatoms. The van der Waals surface area contributed by atoms with Crippen molar-refractivity contribution in [3.8, 4) is 0 Å². The zero-order chi connectivity index (χ0) is 13.0. The highest BCUT2D eigenvalue weighted by Crippen LogP contribution is 2.30. The molecule has 1 heterocycles. The summed E-state index contributed by atoms with van der Waals surface area (Å²) >= 11 is 0. The lowest BCUT2D eigenvalue weighted by Crippen LogP contribution is -2.45. The van der Waals surface area contributed by atoms with Crippen molar-refractivity contribution in [3.05, 3.63) is 35.4 Å². The molecule has 1 fully saturated rings. The fourth-order valence-electron chi connectivity index (χ4n) is 2.87. The second-order valence-electron chi connectivity index (χ2n) is 5.79. The van der Waals surface area contributed by atoms with Crippen molar-refractivity contribution in [1.82, 2.24) is 10.2 Å². The van der Waals surface area contributed by atoms with E-state index in [1.54, 1.807) is 0 Å². The van der Waals surface area contributed by atoms with Crippen LogP contribution in [0, 0.1) is 12.8 Å². The molecule has 0 amide bonds. The summed E-state index contributed by atoms with van der Waals surface area (Å²) in [6, 6.07) is 9.46. The van der Waals surface area contributed by atoms with Gasteiger partial charge in [0, 0.05) is 32.2 Å². The van der Waals surface area contributed by atoms with Gasteiger partial charge in [-0.3, -0.25) is 4.90 Å². The molecule has 18 heavy (non-hydrogen) atoms. The van der Waals surface area contributed by atoms with Gasteiger partial charge in [0.15, 0.2) is 0 Å². The molecule has 2 rings (SSSR count). The SMILES string of the molecule is Cc1ccccc1[C@@H](CC(C)C)N1CCNCC1. The lowest BCUT2D eigenvalue weighted by atomic mass is 9.92. The first-order valence-corrected chi connectivity index (χ1v) is 7.18. The Kier molecular flexibility index (Phi) is 4.79. The van der Waals surface area contributed by atoms with Gasteiger partial charge in [0.05, 0.1) is 0 Å². The van der Waals surface area contributed by atoms with E-state index in [4.69, 9.17) is 0 Å². The first kappa shape index (κ1) is 13.6. The Hall–Kier alpha value is -0.860. The molecule has 1 aromatic rings. The molecule has 1 N–H and O–H groups in total. The number of nitrogens with zero attached hydrogens (tertiary/aromatic N) is 1. The van der Waals surface area contributed by atoms with Crippen LogP contribution in [-0.2, 0) is 0 Å². The third kappa shape index (κ3) is 3.33. The van der Waals surface area contributed by atoms with Crippen LogP contribution in [0.2, 0.25) is 0 Å². The van der Waals surface area contributed by atoms with Gasteiger partial charge in [0.2, 0.25) is 0 Å². The van der Waals surface area contributed by atoms with Gasteiger partial charge in [-0.2, -0.15) is 0 Å². The summed E-state index contributed by atoms with van der Waals surface area (Å²) < 4.78 is 0. The van der Waals surface area contributed by atoms with E-state index in [-0.39, 0.29) is 0 Å². The molecular weight excluding hydrogens is 220 g/mol. The Balaban J connectivity index is 2.21. The van der Waals surface area contributed by atoms with Crippen molar-refractivity contribution in [2.24, 2.45) is 5.92 Å². The second kappa shape index (κ2) is 6.35. The molecule has 1 aliphatic rings. The maximum Gasteiger partial charge on any atom is 0.0354 e. The van der Waals surface area contributed by atoms with Crippen LogP contribution >= 0.6 is 0 Å². The fraction of sp³-hybridized carbons (Fsp3) is 0.625. The van der Waals surface area contributed by atoms with Gasteiger partial charge >= 0.3 is 0 Å². The molecule has 0 bridgehead atoms. The summed E-state index contributed by atoms with van der Waals surface area (Å²) in [5.74, 6) is 0.740. The number of rotatable bonds is 4. The highest BCUT2D eigenvalue weighted by atomic mass is 15.2. The summed E-state index contributed by atoms with van der Waals surface area (Å²) in [7, 11) is 0. The number of piperazine rings is 1. The van der Waals surface area contributed by atoms with Crippen molar-refractivity contribution in [1.29, 1.82) is 0 Å². The normalized spacial score (nSPS) is 19.1. The monoisotopic (exact) mass is 246 g/mol. The molecule has 0 aromatic heterocycles. The Labute approximate surface area is 111 Å². The van der Waals surface area contributed by atoms with Gasteiger partial charge < -0.3 is 5.32 Å². The lowest BCUT2D eigenvalue weighted by molar-refractivity contribution is 0.153. The second-order valence-corrected chi connectivity index (χ2v) is 5.79. The zero-order valence-electron chi connectivity index (χ0n) is 11.9. The molecule has 1 saturated heterocycles. The van der Waals surface area contributed by atoms with Crippen molar-refractivity contribution in [3.63, 3.8) is 0 Å². The van der Waals surface area contributed by atoms with Crippen LogP contribution in [0.25, 0.3) is 0 Å². The first-order valence-electron chi connectivity index (χ1n) is 7.18. The fourth-order valence-corrected chi connectivity index (χ4v) is 2.87. The average molecular weight is 246 g/mol. The molecule has 1 aromatic carbocycles. The predicted molar refractivity (Wildman–Crippen MR) is 77.8 cm³/mol. The van der Waals surface area contributed by atoms with Crippen LogP contribution in [0.1, 0.15) is 37.4 Å². The standard InChI is InChI=1S/C16H26N2/c1-13(2)12-16(18-10-8-17-9-11-18)15-7-5-4-6-14(15)3/h4-7,13,16-17H,8-12H2,1-3H3/t16-/m1/s1. The minimum atomic E-state index is 0.591. The summed E-state index contributed by atoms with van der Waals surface area (Å²) in [6.07, 6.45) is 1.25. The van der Waals surface area contributed by atoms with Crippen LogP contribution < -0.4 is 5.32 Å². The maximum absolute atomic E-state index is 3.45. The summed E-state index contributed by atoms with van der Waals surface area (Å²) in [5, 5.41) is 3.45. The Morgan fingerprint density at radius 3 is 2.44 bits per heavy atom. The number of hydrogen-bond donors (Lipinski definition) is 1. The average Bonchev–Trinajstić information content (AvgIpc) is 2.38. The number of benzene rings is 1. The van der Waals surface area contributed by atoms with E-state index < -0.39 is 0 Å². The van der Waals surface area contributed by atoms with E-state index in [0.29, 0.717) is 6.04 Å². The van der Waals surface area contributed by atoms with Crippen molar-refractivity contribution in [2.75, 3.05) is 26.2 Å². The molecule has 0 unspecified atom stereocenters. The summed E-state index contributed by atoms with van der Waals surface area (Å²) in [5.41, 5.74) is 2.95. The minimum Gasteiger partial charge on any atom is -0.314 e. The zero-order valence-corrected chi connectivity index (χ0v) is 11.9. The summed E-state index contributed by atoms with van der Waals surface area (Å²) in [4.78, 5) is 2.65.